The van der Waals surface area contributed by atoms with Crippen LogP contribution >= 0.6 is 11.8 Å². The number of hydrogen-bond donors (Lipinski definition) is 1. The molecule has 1 fully saturated rings. The van der Waals surface area contributed by atoms with Gasteiger partial charge in [0.25, 0.3) is 11.8 Å². The summed E-state index contributed by atoms with van der Waals surface area (Å²) in [6.07, 6.45) is 1.76. The topological polar surface area (TPSA) is 66.8 Å². The number of amides is 2. The van der Waals surface area contributed by atoms with Gasteiger partial charge in [0.15, 0.2) is 0 Å². The smallest absolute Gasteiger partial charge is 0.268 e. The van der Waals surface area contributed by atoms with Crippen LogP contribution in [0.5, 0.6) is 0 Å². The van der Waals surface area contributed by atoms with E-state index in [9.17, 15) is 9.59 Å². The standard InChI is InChI=1S/C18H21NO4S/c1-12-4-6-13(7-5-12)15-16(24-10-8-20)18(22)19(17(15)21)11-14-3-2-9-23-14/h4-7,14,20H,2-3,8-11H2,1H3. The molecule has 0 radical (unpaired) electrons. The SMILES string of the molecule is Cc1ccc(C2=C(SCCO)C(=O)N(CC3CCCO3)C2=O)cc1. The molecule has 1 aromatic carbocycles. The van der Waals surface area contributed by atoms with Crippen molar-refractivity contribution in [3.05, 3.63) is 40.3 Å². The van der Waals surface area contributed by atoms with Gasteiger partial charge in [0.2, 0.25) is 0 Å². The summed E-state index contributed by atoms with van der Waals surface area (Å²) in [5.41, 5.74) is 2.28. The summed E-state index contributed by atoms with van der Waals surface area (Å²) in [5.74, 6) is -0.151. The average molecular weight is 347 g/mol. The van der Waals surface area contributed by atoms with Crippen molar-refractivity contribution in [3.63, 3.8) is 0 Å². The highest BCUT2D eigenvalue weighted by Gasteiger charge is 2.40. The van der Waals surface area contributed by atoms with Crippen molar-refractivity contribution >= 4 is 29.1 Å². The fourth-order valence-electron chi connectivity index (χ4n) is 2.97. The van der Waals surface area contributed by atoms with Gasteiger partial charge in [-0.05, 0) is 25.3 Å². The maximum Gasteiger partial charge on any atom is 0.268 e. The number of ether oxygens (including phenoxy) is 1. The van der Waals surface area contributed by atoms with E-state index in [0.717, 1.165) is 24.0 Å². The van der Waals surface area contributed by atoms with Gasteiger partial charge in [-0.1, -0.05) is 29.8 Å². The Hall–Kier alpha value is -1.63. The molecule has 0 saturated carbocycles. The van der Waals surface area contributed by atoms with Crippen molar-refractivity contribution in [2.75, 3.05) is 25.5 Å². The van der Waals surface area contributed by atoms with Crippen LogP contribution < -0.4 is 0 Å². The van der Waals surface area contributed by atoms with Gasteiger partial charge in [-0.15, -0.1) is 11.8 Å². The Balaban J connectivity index is 1.90. The second-order valence-electron chi connectivity index (χ2n) is 6.00. The maximum atomic E-state index is 12.9. The number of nitrogens with zero attached hydrogens (tertiary/aromatic N) is 1. The van der Waals surface area contributed by atoms with Crippen LogP contribution in [0.25, 0.3) is 5.57 Å². The number of aliphatic hydroxyl groups excluding tert-OH is 1. The minimum absolute atomic E-state index is 0.0391. The molecule has 0 aliphatic carbocycles. The second-order valence-corrected chi connectivity index (χ2v) is 7.10. The van der Waals surface area contributed by atoms with Gasteiger partial charge in [-0.25, -0.2) is 0 Å². The first kappa shape index (κ1) is 17.2. The summed E-state index contributed by atoms with van der Waals surface area (Å²) >= 11 is 1.24. The highest BCUT2D eigenvalue weighted by molar-refractivity contribution is 8.04. The first-order chi connectivity index (χ1) is 11.6. The number of benzene rings is 1. The lowest BCUT2D eigenvalue weighted by molar-refractivity contribution is -0.138. The van der Waals surface area contributed by atoms with Crippen molar-refractivity contribution in [1.82, 2.24) is 4.90 Å². The minimum Gasteiger partial charge on any atom is -0.396 e. The van der Waals surface area contributed by atoms with Crippen LogP contribution in [0.15, 0.2) is 29.2 Å². The lowest BCUT2D eigenvalue weighted by Gasteiger charge is -2.19. The number of hydrogen-bond acceptors (Lipinski definition) is 5. The first-order valence-electron chi connectivity index (χ1n) is 8.14. The molecule has 1 saturated heterocycles. The van der Waals surface area contributed by atoms with Crippen molar-refractivity contribution < 1.29 is 19.4 Å². The molecule has 24 heavy (non-hydrogen) atoms. The lowest BCUT2D eigenvalue weighted by atomic mass is 10.0. The predicted molar refractivity (Wildman–Crippen MR) is 93.3 cm³/mol. The maximum absolute atomic E-state index is 12.9. The van der Waals surface area contributed by atoms with E-state index in [2.05, 4.69) is 0 Å². The largest absolute Gasteiger partial charge is 0.396 e. The van der Waals surface area contributed by atoms with E-state index in [4.69, 9.17) is 9.84 Å². The first-order valence-corrected chi connectivity index (χ1v) is 9.13. The zero-order chi connectivity index (χ0) is 17.1. The Morgan fingerprint density at radius 1 is 1.25 bits per heavy atom. The molecule has 2 heterocycles. The van der Waals surface area contributed by atoms with Crippen LogP contribution in [0, 0.1) is 6.92 Å². The van der Waals surface area contributed by atoms with Crippen LogP contribution in [0.4, 0.5) is 0 Å². The van der Waals surface area contributed by atoms with E-state index in [1.807, 2.05) is 31.2 Å². The number of carbonyl (C=O) groups is 2. The summed E-state index contributed by atoms with van der Waals surface area (Å²) < 4.78 is 5.57. The number of rotatable bonds is 6. The van der Waals surface area contributed by atoms with Crippen LogP contribution in [-0.4, -0.2) is 53.4 Å². The number of aliphatic hydroxyl groups is 1. The Labute approximate surface area is 145 Å². The molecule has 1 unspecified atom stereocenters. The Morgan fingerprint density at radius 3 is 2.62 bits per heavy atom. The number of carbonyl (C=O) groups excluding carboxylic acids is 2. The van der Waals surface area contributed by atoms with E-state index in [-0.39, 0.29) is 24.5 Å². The van der Waals surface area contributed by atoms with E-state index < -0.39 is 0 Å². The van der Waals surface area contributed by atoms with Gasteiger partial charge >= 0.3 is 0 Å². The molecule has 5 nitrogen and oxygen atoms in total. The fourth-order valence-corrected chi connectivity index (χ4v) is 3.85. The van der Waals surface area contributed by atoms with Crippen molar-refractivity contribution in [1.29, 1.82) is 0 Å². The van der Waals surface area contributed by atoms with Gasteiger partial charge in [0.1, 0.15) is 0 Å². The lowest BCUT2D eigenvalue weighted by Crippen LogP contribution is -2.37. The highest BCUT2D eigenvalue weighted by atomic mass is 32.2. The number of imide groups is 1. The molecule has 6 heteroatoms. The van der Waals surface area contributed by atoms with Crippen molar-refractivity contribution in [2.45, 2.75) is 25.9 Å². The van der Waals surface area contributed by atoms with E-state index in [0.29, 0.717) is 29.4 Å². The highest BCUT2D eigenvalue weighted by Crippen LogP contribution is 2.36. The molecule has 0 aromatic heterocycles. The quantitative estimate of drug-likeness (QED) is 0.797. The zero-order valence-corrected chi connectivity index (χ0v) is 14.5. The summed E-state index contributed by atoms with van der Waals surface area (Å²) in [6, 6.07) is 7.59. The zero-order valence-electron chi connectivity index (χ0n) is 13.7. The Kier molecular flexibility index (Phi) is 5.38. The molecule has 2 aliphatic heterocycles. The van der Waals surface area contributed by atoms with Crippen molar-refractivity contribution in [3.8, 4) is 0 Å². The molecule has 128 valence electrons. The van der Waals surface area contributed by atoms with Crippen LogP contribution in [0.2, 0.25) is 0 Å². The summed E-state index contributed by atoms with van der Waals surface area (Å²) in [5, 5.41) is 9.09. The molecule has 1 aromatic rings. The fraction of sp³-hybridized carbons (Fsp3) is 0.444. The van der Waals surface area contributed by atoms with Crippen LogP contribution in [0.3, 0.4) is 0 Å². The summed E-state index contributed by atoms with van der Waals surface area (Å²) in [6.45, 7) is 2.93. The molecule has 0 bridgehead atoms. The summed E-state index contributed by atoms with van der Waals surface area (Å²) in [7, 11) is 0. The van der Waals surface area contributed by atoms with E-state index >= 15 is 0 Å². The normalized spacial score (nSPS) is 21.2. The Bertz CT molecular complexity index is 662. The van der Waals surface area contributed by atoms with Crippen LogP contribution in [0.1, 0.15) is 24.0 Å². The van der Waals surface area contributed by atoms with Gasteiger partial charge in [0, 0.05) is 12.4 Å². The van der Waals surface area contributed by atoms with Crippen molar-refractivity contribution in [2.24, 2.45) is 0 Å². The van der Waals surface area contributed by atoms with Gasteiger partial charge in [-0.2, -0.15) is 0 Å². The third-order valence-corrected chi connectivity index (χ3v) is 5.27. The molecular formula is C18H21NO4S. The molecule has 0 spiro atoms. The van der Waals surface area contributed by atoms with Gasteiger partial charge in [0.05, 0.1) is 29.7 Å². The predicted octanol–water partition coefficient (Wildman–Crippen LogP) is 1.98. The molecular weight excluding hydrogens is 326 g/mol. The van der Waals surface area contributed by atoms with Crippen LogP contribution in [-0.2, 0) is 14.3 Å². The Morgan fingerprint density at radius 2 is 2.00 bits per heavy atom. The van der Waals surface area contributed by atoms with E-state index in [1.54, 1.807) is 0 Å². The number of thioether (sulfide) groups is 1. The van der Waals surface area contributed by atoms with E-state index in [1.165, 1.54) is 16.7 Å². The molecule has 2 aliphatic rings. The van der Waals surface area contributed by atoms with Gasteiger partial charge in [-0.3, -0.25) is 14.5 Å². The molecule has 2 amide bonds. The number of aryl methyl sites for hydroxylation is 1. The monoisotopic (exact) mass is 347 g/mol. The molecule has 1 N–H and O–H groups in total. The molecule has 3 rings (SSSR count). The summed E-state index contributed by atoms with van der Waals surface area (Å²) in [4.78, 5) is 27.4. The third-order valence-electron chi connectivity index (χ3n) is 4.21. The minimum atomic E-state index is -0.274. The second kappa shape index (κ2) is 7.51. The van der Waals surface area contributed by atoms with Gasteiger partial charge < -0.3 is 9.84 Å². The molecule has 1 atom stereocenters. The average Bonchev–Trinajstić information content (AvgIpc) is 3.16. The third kappa shape index (κ3) is 3.41.